The van der Waals surface area contributed by atoms with E-state index < -0.39 is 0 Å². The van der Waals surface area contributed by atoms with Gasteiger partial charge in [-0.3, -0.25) is 4.79 Å². The quantitative estimate of drug-likeness (QED) is 0.454. The number of fused-ring (bicyclic) bond motifs is 1. The molecule has 0 spiro atoms. The molecule has 2 aromatic rings. The Labute approximate surface area is 133 Å². The molecule has 1 atom stereocenters. The highest BCUT2D eigenvalue weighted by Crippen LogP contribution is 2.36. The van der Waals surface area contributed by atoms with Crippen molar-refractivity contribution < 1.29 is 9.53 Å². The summed E-state index contributed by atoms with van der Waals surface area (Å²) in [5.74, 6) is -0.152. The Bertz CT molecular complexity index is 640. The summed E-state index contributed by atoms with van der Waals surface area (Å²) in [4.78, 5) is 23.0. The maximum absolute atomic E-state index is 12.1. The minimum Gasteiger partial charge on any atom is -0.465 e. The third-order valence-electron chi connectivity index (χ3n) is 3.27. The summed E-state index contributed by atoms with van der Waals surface area (Å²) < 4.78 is 5.26. The molecule has 6 heteroatoms. The lowest BCUT2D eigenvalue weighted by atomic mass is 10.2. The van der Waals surface area contributed by atoms with Gasteiger partial charge in [0.1, 0.15) is 21.4 Å². The van der Waals surface area contributed by atoms with Gasteiger partial charge in [-0.25, -0.2) is 9.97 Å². The van der Waals surface area contributed by atoms with E-state index in [9.17, 15) is 4.79 Å². The summed E-state index contributed by atoms with van der Waals surface area (Å²) in [6.45, 7) is 8.63. The number of thiophene rings is 1. The average molecular weight is 324 g/mol. The van der Waals surface area contributed by atoms with Gasteiger partial charge in [0.25, 0.3) is 0 Å². The molecular weight excluding hydrogens is 304 g/mol. The summed E-state index contributed by atoms with van der Waals surface area (Å²) in [5.41, 5.74) is 1.20. The van der Waals surface area contributed by atoms with Gasteiger partial charge < -0.3 is 4.74 Å². The summed E-state index contributed by atoms with van der Waals surface area (Å²) in [6.07, 6.45) is 3.14. The van der Waals surface area contributed by atoms with Crippen molar-refractivity contribution in [3.8, 4) is 0 Å². The van der Waals surface area contributed by atoms with Crippen LogP contribution in [0.15, 0.2) is 11.4 Å². The minimum absolute atomic E-state index is 0.152. The van der Waals surface area contributed by atoms with E-state index in [-0.39, 0.29) is 11.2 Å². The first-order valence-electron chi connectivity index (χ1n) is 7.12. The Kier molecular flexibility index (Phi) is 5.58. The molecule has 0 N–H and O–H groups in total. The molecule has 0 bridgehead atoms. The van der Waals surface area contributed by atoms with Crippen molar-refractivity contribution in [3.05, 3.63) is 16.8 Å². The number of hydrogen-bond donors (Lipinski definition) is 0. The predicted molar refractivity (Wildman–Crippen MR) is 88.1 cm³/mol. The van der Waals surface area contributed by atoms with Gasteiger partial charge >= 0.3 is 5.97 Å². The van der Waals surface area contributed by atoms with Crippen LogP contribution < -0.4 is 0 Å². The normalized spacial score (nSPS) is 12.6. The summed E-state index contributed by atoms with van der Waals surface area (Å²) in [6, 6.07) is 0. The Hall–Kier alpha value is -1.14. The molecule has 0 aliphatic rings. The van der Waals surface area contributed by atoms with E-state index >= 15 is 0 Å². The number of carbonyl (C=O) groups is 1. The van der Waals surface area contributed by atoms with E-state index in [0.717, 1.165) is 28.1 Å². The largest absolute Gasteiger partial charge is 0.465 e. The van der Waals surface area contributed by atoms with Crippen molar-refractivity contribution in [1.82, 2.24) is 9.97 Å². The van der Waals surface area contributed by atoms with Crippen LogP contribution in [0.3, 0.4) is 0 Å². The van der Waals surface area contributed by atoms with Crippen LogP contribution in [0.5, 0.6) is 0 Å². The van der Waals surface area contributed by atoms with Gasteiger partial charge in [-0.05, 0) is 32.3 Å². The van der Waals surface area contributed by atoms with Gasteiger partial charge in [0.2, 0.25) is 0 Å². The molecule has 0 aliphatic heterocycles. The zero-order valence-electron chi connectivity index (χ0n) is 12.8. The van der Waals surface area contributed by atoms with Crippen molar-refractivity contribution in [1.29, 1.82) is 0 Å². The number of hydrogen-bond acceptors (Lipinski definition) is 6. The molecule has 2 aromatic heterocycles. The average Bonchev–Trinajstić information content (AvgIpc) is 2.78. The van der Waals surface area contributed by atoms with E-state index in [1.165, 1.54) is 22.2 Å². The Morgan fingerprint density at radius 2 is 2.14 bits per heavy atom. The SMILES string of the molecule is CCCOC(=O)C(CC)Sc1ncnc2sc(C)c(C)c12. The molecule has 1 unspecified atom stereocenters. The molecule has 0 amide bonds. The maximum Gasteiger partial charge on any atom is 0.319 e. The van der Waals surface area contributed by atoms with Gasteiger partial charge in [-0.15, -0.1) is 11.3 Å². The number of rotatable bonds is 6. The number of aromatic nitrogens is 2. The van der Waals surface area contributed by atoms with Crippen LogP contribution in [0.1, 0.15) is 37.1 Å². The van der Waals surface area contributed by atoms with E-state index in [1.807, 2.05) is 13.8 Å². The molecule has 2 heterocycles. The second kappa shape index (κ2) is 7.22. The van der Waals surface area contributed by atoms with Gasteiger partial charge in [-0.1, -0.05) is 25.6 Å². The van der Waals surface area contributed by atoms with Crippen LogP contribution in [-0.4, -0.2) is 27.8 Å². The van der Waals surface area contributed by atoms with Crippen LogP contribution in [-0.2, 0) is 9.53 Å². The van der Waals surface area contributed by atoms with E-state index in [1.54, 1.807) is 17.7 Å². The third kappa shape index (κ3) is 3.55. The monoisotopic (exact) mass is 324 g/mol. The smallest absolute Gasteiger partial charge is 0.319 e. The number of ether oxygens (including phenoxy) is 1. The number of esters is 1. The molecule has 2 rings (SSSR count). The lowest BCUT2D eigenvalue weighted by Gasteiger charge is -2.13. The number of nitrogens with zero attached hydrogens (tertiary/aromatic N) is 2. The van der Waals surface area contributed by atoms with Crippen LogP contribution in [0.2, 0.25) is 0 Å². The molecule has 0 aromatic carbocycles. The summed E-state index contributed by atoms with van der Waals surface area (Å²) >= 11 is 3.15. The fourth-order valence-corrected chi connectivity index (χ4v) is 4.11. The minimum atomic E-state index is -0.214. The molecule has 0 fully saturated rings. The summed E-state index contributed by atoms with van der Waals surface area (Å²) in [5, 5.41) is 1.74. The third-order valence-corrected chi connectivity index (χ3v) is 5.72. The molecule has 114 valence electrons. The van der Waals surface area contributed by atoms with Crippen LogP contribution >= 0.6 is 23.1 Å². The molecule has 0 aliphatic carbocycles. The van der Waals surface area contributed by atoms with Crippen LogP contribution in [0, 0.1) is 13.8 Å². The fraction of sp³-hybridized carbons (Fsp3) is 0.533. The second-order valence-electron chi connectivity index (χ2n) is 4.82. The van der Waals surface area contributed by atoms with E-state index in [4.69, 9.17) is 4.74 Å². The lowest BCUT2D eigenvalue weighted by Crippen LogP contribution is -2.20. The van der Waals surface area contributed by atoms with Crippen molar-refractivity contribution >= 4 is 39.3 Å². The molecule has 21 heavy (non-hydrogen) atoms. The highest BCUT2D eigenvalue weighted by molar-refractivity contribution is 8.00. The Balaban J connectivity index is 2.27. The number of carbonyl (C=O) groups excluding carboxylic acids is 1. The first-order valence-corrected chi connectivity index (χ1v) is 8.82. The Morgan fingerprint density at radius 1 is 1.38 bits per heavy atom. The van der Waals surface area contributed by atoms with Crippen molar-refractivity contribution in [2.75, 3.05) is 6.61 Å². The van der Waals surface area contributed by atoms with Crippen LogP contribution in [0.25, 0.3) is 10.2 Å². The van der Waals surface area contributed by atoms with E-state index in [0.29, 0.717) is 6.61 Å². The molecule has 4 nitrogen and oxygen atoms in total. The second-order valence-corrected chi connectivity index (χ2v) is 7.22. The highest BCUT2D eigenvalue weighted by atomic mass is 32.2. The van der Waals surface area contributed by atoms with Crippen molar-refractivity contribution in [2.24, 2.45) is 0 Å². The Morgan fingerprint density at radius 3 is 2.81 bits per heavy atom. The molecule has 0 saturated heterocycles. The highest BCUT2D eigenvalue weighted by Gasteiger charge is 2.22. The zero-order chi connectivity index (χ0) is 15.4. The van der Waals surface area contributed by atoms with Gasteiger partial charge in [0, 0.05) is 10.3 Å². The first-order chi connectivity index (χ1) is 10.1. The molecule has 0 saturated carbocycles. The van der Waals surface area contributed by atoms with Gasteiger partial charge in [0.15, 0.2) is 0 Å². The van der Waals surface area contributed by atoms with Gasteiger partial charge in [-0.2, -0.15) is 0 Å². The van der Waals surface area contributed by atoms with Crippen molar-refractivity contribution in [3.63, 3.8) is 0 Å². The first kappa shape index (κ1) is 16.2. The van der Waals surface area contributed by atoms with Crippen LogP contribution in [0.4, 0.5) is 0 Å². The predicted octanol–water partition coefficient (Wildman–Crippen LogP) is 4.13. The van der Waals surface area contributed by atoms with Gasteiger partial charge in [0.05, 0.1) is 6.61 Å². The summed E-state index contributed by atoms with van der Waals surface area (Å²) in [7, 11) is 0. The standard InChI is InChI=1S/C15H20N2O2S2/c1-5-7-19-15(18)11(6-2)21-14-12-9(3)10(4)20-13(12)16-8-17-14/h8,11H,5-7H2,1-4H3. The van der Waals surface area contributed by atoms with E-state index in [2.05, 4.69) is 23.8 Å². The fourth-order valence-electron chi connectivity index (χ4n) is 1.97. The lowest BCUT2D eigenvalue weighted by molar-refractivity contribution is -0.143. The number of aryl methyl sites for hydroxylation is 2. The van der Waals surface area contributed by atoms with Crippen molar-refractivity contribution in [2.45, 2.75) is 50.8 Å². The molecule has 0 radical (unpaired) electrons. The maximum atomic E-state index is 12.1. The topological polar surface area (TPSA) is 52.1 Å². The molecular formula is C15H20N2O2S2. The number of thioether (sulfide) groups is 1. The zero-order valence-corrected chi connectivity index (χ0v) is 14.4.